The average Bonchev–Trinajstić information content (AvgIpc) is 2.40. The Labute approximate surface area is 103 Å². The van der Waals surface area contributed by atoms with Gasteiger partial charge in [-0.1, -0.05) is 56.3 Å². The van der Waals surface area contributed by atoms with Crippen molar-refractivity contribution in [2.75, 3.05) is 13.1 Å². The first-order valence-corrected chi connectivity index (χ1v) is 6.19. The number of fused-ring (bicyclic) bond motifs is 1. The zero-order chi connectivity index (χ0) is 12.1. The van der Waals surface area contributed by atoms with Crippen LogP contribution < -0.4 is 0 Å². The zero-order valence-corrected chi connectivity index (χ0v) is 10.5. The van der Waals surface area contributed by atoms with Crippen molar-refractivity contribution in [1.29, 1.82) is 0 Å². The Morgan fingerprint density at radius 1 is 0.941 bits per heavy atom. The Balaban J connectivity index is 2.18. The van der Waals surface area contributed by atoms with Crippen LogP contribution in [0.4, 0.5) is 0 Å². The summed E-state index contributed by atoms with van der Waals surface area (Å²) in [6.45, 7) is 6.69. The minimum Gasteiger partial charge on any atom is -0.294 e. The molecule has 0 aliphatic heterocycles. The lowest BCUT2D eigenvalue weighted by atomic mass is 10.1. The molecule has 0 saturated heterocycles. The fraction of sp³-hybridized carbons (Fsp3) is 0.333. The zero-order valence-electron chi connectivity index (χ0n) is 10.5. The van der Waals surface area contributed by atoms with Gasteiger partial charge < -0.3 is 0 Å². The summed E-state index contributed by atoms with van der Waals surface area (Å²) in [6.07, 6.45) is 0. The fourth-order valence-corrected chi connectivity index (χ4v) is 1.99. The molecule has 0 N–H and O–H groups in total. The molecule has 0 aromatic heterocycles. The summed E-state index contributed by atoms with van der Waals surface area (Å²) >= 11 is 0. The molecule has 2 aromatic rings. The van der Waals surface area contributed by atoms with E-state index < -0.39 is 0 Å². The van der Waals surface area contributed by atoms with E-state index in [2.05, 4.69) is 56.3 Å². The highest BCUT2D eigenvalue weighted by atomic mass is 16.7. The molecule has 90 valence electrons. The highest BCUT2D eigenvalue weighted by Crippen LogP contribution is 2.19. The van der Waals surface area contributed by atoms with Gasteiger partial charge in [0.1, 0.15) is 0 Å². The monoisotopic (exact) mass is 229 g/mol. The van der Waals surface area contributed by atoms with E-state index in [1.807, 2.05) is 5.06 Å². The standard InChI is InChI=1S/C15H19NO/c1-3-16(4-2)17-12-14-10-7-9-13-8-5-6-11-15(13)14/h5-11H,3-4,12H2,1-2H3. The van der Waals surface area contributed by atoms with E-state index >= 15 is 0 Å². The molecule has 17 heavy (non-hydrogen) atoms. The number of hydroxylamine groups is 2. The molecule has 0 heterocycles. The van der Waals surface area contributed by atoms with Crippen LogP contribution in [0.5, 0.6) is 0 Å². The second-order valence-corrected chi connectivity index (χ2v) is 4.03. The third-order valence-corrected chi connectivity index (χ3v) is 2.99. The highest BCUT2D eigenvalue weighted by molar-refractivity contribution is 5.85. The Morgan fingerprint density at radius 3 is 2.41 bits per heavy atom. The van der Waals surface area contributed by atoms with Gasteiger partial charge in [0.05, 0.1) is 6.61 Å². The molecule has 0 unspecified atom stereocenters. The largest absolute Gasteiger partial charge is 0.294 e. The van der Waals surface area contributed by atoms with Gasteiger partial charge in [-0.3, -0.25) is 4.84 Å². The van der Waals surface area contributed by atoms with E-state index in [4.69, 9.17) is 4.84 Å². The molecule has 0 spiro atoms. The third kappa shape index (κ3) is 2.84. The minimum atomic E-state index is 0.642. The molecular formula is C15H19NO. The van der Waals surface area contributed by atoms with Gasteiger partial charge in [-0.15, -0.1) is 0 Å². The Kier molecular flexibility index (Phi) is 4.13. The lowest BCUT2D eigenvalue weighted by molar-refractivity contribution is -0.163. The topological polar surface area (TPSA) is 12.5 Å². The number of hydrogen-bond donors (Lipinski definition) is 0. The van der Waals surface area contributed by atoms with Crippen molar-refractivity contribution >= 4 is 10.8 Å². The summed E-state index contributed by atoms with van der Waals surface area (Å²) < 4.78 is 0. The normalized spacial score (nSPS) is 11.2. The van der Waals surface area contributed by atoms with Gasteiger partial charge in [0.15, 0.2) is 0 Å². The number of hydrogen-bond acceptors (Lipinski definition) is 2. The van der Waals surface area contributed by atoms with Crippen molar-refractivity contribution < 1.29 is 4.84 Å². The van der Waals surface area contributed by atoms with Crippen molar-refractivity contribution in [2.45, 2.75) is 20.5 Å². The van der Waals surface area contributed by atoms with E-state index in [1.54, 1.807) is 0 Å². The lowest BCUT2D eigenvalue weighted by Gasteiger charge is -2.18. The van der Waals surface area contributed by atoms with Crippen LogP contribution in [0.1, 0.15) is 19.4 Å². The molecule has 0 bridgehead atoms. The maximum absolute atomic E-state index is 5.77. The smallest absolute Gasteiger partial charge is 0.0941 e. The molecule has 0 fully saturated rings. The van der Waals surface area contributed by atoms with Crippen LogP contribution >= 0.6 is 0 Å². The van der Waals surface area contributed by atoms with Crippen LogP contribution in [0.2, 0.25) is 0 Å². The number of nitrogens with zero attached hydrogens (tertiary/aromatic N) is 1. The summed E-state index contributed by atoms with van der Waals surface area (Å²) in [4.78, 5) is 5.77. The molecule has 2 nitrogen and oxygen atoms in total. The van der Waals surface area contributed by atoms with Crippen LogP contribution in [0.15, 0.2) is 42.5 Å². The molecular weight excluding hydrogens is 210 g/mol. The molecule has 2 aromatic carbocycles. The molecule has 0 radical (unpaired) electrons. The van der Waals surface area contributed by atoms with Crippen molar-refractivity contribution in [3.63, 3.8) is 0 Å². The predicted octanol–water partition coefficient (Wildman–Crippen LogP) is 3.61. The molecule has 0 amide bonds. The van der Waals surface area contributed by atoms with Crippen molar-refractivity contribution in [3.05, 3.63) is 48.0 Å². The fourth-order valence-electron chi connectivity index (χ4n) is 1.99. The molecule has 2 rings (SSSR count). The van der Waals surface area contributed by atoms with E-state index in [-0.39, 0.29) is 0 Å². The van der Waals surface area contributed by atoms with Gasteiger partial charge in [-0.25, -0.2) is 0 Å². The lowest BCUT2D eigenvalue weighted by Crippen LogP contribution is -2.22. The Bertz CT molecular complexity index is 472. The van der Waals surface area contributed by atoms with Crippen LogP contribution in [-0.2, 0) is 11.4 Å². The molecule has 0 saturated carbocycles. The van der Waals surface area contributed by atoms with Crippen molar-refractivity contribution in [1.82, 2.24) is 5.06 Å². The molecule has 0 aliphatic carbocycles. The average molecular weight is 229 g/mol. The van der Waals surface area contributed by atoms with Gasteiger partial charge in [-0.05, 0) is 16.3 Å². The van der Waals surface area contributed by atoms with Gasteiger partial charge in [0.25, 0.3) is 0 Å². The SMILES string of the molecule is CCN(CC)OCc1cccc2ccccc12. The first-order valence-electron chi connectivity index (χ1n) is 6.19. The summed E-state index contributed by atoms with van der Waals surface area (Å²) in [5.41, 5.74) is 1.25. The first kappa shape index (κ1) is 12.1. The Hall–Kier alpha value is -1.38. The van der Waals surface area contributed by atoms with Crippen LogP contribution in [-0.4, -0.2) is 18.2 Å². The minimum absolute atomic E-state index is 0.642. The quantitative estimate of drug-likeness (QED) is 0.726. The number of rotatable bonds is 5. The summed E-state index contributed by atoms with van der Waals surface area (Å²) in [7, 11) is 0. The second kappa shape index (κ2) is 5.80. The summed E-state index contributed by atoms with van der Waals surface area (Å²) in [6, 6.07) is 14.8. The maximum Gasteiger partial charge on any atom is 0.0941 e. The summed E-state index contributed by atoms with van der Waals surface area (Å²) in [5, 5.41) is 4.53. The van der Waals surface area contributed by atoms with Gasteiger partial charge in [0.2, 0.25) is 0 Å². The summed E-state index contributed by atoms with van der Waals surface area (Å²) in [5.74, 6) is 0. The van der Waals surface area contributed by atoms with Crippen molar-refractivity contribution in [3.8, 4) is 0 Å². The van der Waals surface area contributed by atoms with Crippen LogP contribution in [0, 0.1) is 0 Å². The van der Waals surface area contributed by atoms with E-state index in [9.17, 15) is 0 Å². The second-order valence-electron chi connectivity index (χ2n) is 4.03. The van der Waals surface area contributed by atoms with Crippen molar-refractivity contribution in [2.24, 2.45) is 0 Å². The Morgan fingerprint density at radius 2 is 1.65 bits per heavy atom. The van der Waals surface area contributed by atoms with E-state index in [0.29, 0.717) is 6.61 Å². The van der Waals surface area contributed by atoms with Gasteiger partial charge >= 0.3 is 0 Å². The number of benzene rings is 2. The highest BCUT2D eigenvalue weighted by Gasteiger charge is 2.03. The first-order chi connectivity index (χ1) is 8.35. The molecule has 0 aliphatic rings. The van der Waals surface area contributed by atoms with Gasteiger partial charge in [0, 0.05) is 13.1 Å². The third-order valence-electron chi connectivity index (χ3n) is 2.99. The molecule has 0 atom stereocenters. The van der Waals surface area contributed by atoms with Gasteiger partial charge in [-0.2, -0.15) is 5.06 Å². The van der Waals surface area contributed by atoms with Crippen LogP contribution in [0.3, 0.4) is 0 Å². The molecule has 2 heteroatoms. The van der Waals surface area contributed by atoms with Crippen LogP contribution in [0.25, 0.3) is 10.8 Å². The predicted molar refractivity (Wildman–Crippen MR) is 71.7 cm³/mol. The van der Waals surface area contributed by atoms with E-state index in [0.717, 1.165) is 13.1 Å². The van der Waals surface area contributed by atoms with E-state index in [1.165, 1.54) is 16.3 Å². The maximum atomic E-state index is 5.77.